The van der Waals surface area contributed by atoms with Crippen molar-refractivity contribution in [2.24, 2.45) is 5.92 Å². The number of nitrogens with one attached hydrogen (secondary N) is 2. The number of carbonyl (C=O) groups is 2. The first kappa shape index (κ1) is 18.5. The molecule has 3 amide bonds. The van der Waals surface area contributed by atoms with Crippen molar-refractivity contribution < 1.29 is 18.8 Å². The molecule has 3 heterocycles. The number of anilines is 1. The third-order valence-corrected chi connectivity index (χ3v) is 5.27. The molecule has 0 aliphatic carbocycles. The van der Waals surface area contributed by atoms with Gasteiger partial charge in [-0.25, -0.2) is 4.79 Å². The molecule has 0 unspecified atom stereocenters. The first-order valence-electron chi connectivity index (χ1n) is 9.48. The molecule has 2 aliphatic rings. The molecule has 1 aromatic heterocycles. The van der Waals surface area contributed by atoms with Gasteiger partial charge >= 0.3 is 6.03 Å². The minimum atomic E-state index is -0.171. The maximum absolute atomic E-state index is 12.8. The van der Waals surface area contributed by atoms with Crippen LogP contribution in [0.3, 0.4) is 0 Å². The Labute approximate surface area is 163 Å². The summed E-state index contributed by atoms with van der Waals surface area (Å²) in [6.07, 6.45) is 0.666. The van der Waals surface area contributed by atoms with E-state index in [0.717, 1.165) is 22.7 Å². The lowest BCUT2D eigenvalue weighted by Crippen LogP contribution is -2.40. The number of hydrogen-bond donors (Lipinski definition) is 2. The van der Waals surface area contributed by atoms with E-state index >= 15 is 0 Å². The van der Waals surface area contributed by atoms with E-state index in [1.165, 1.54) is 0 Å². The van der Waals surface area contributed by atoms with Crippen LogP contribution in [0.25, 0.3) is 0 Å². The molecule has 2 N–H and O–H groups in total. The molecule has 0 spiro atoms. The smallest absolute Gasteiger partial charge is 0.322 e. The van der Waals surface area contributed by atoms with Gasteiger partial charge in [0.15, 0.2) is 0 Å². The van der Waals surface area contributed by atoms with Gasteiger partial charge in [-0.2, -0.15) is 0 Å². The van der Waals surface area contributed by atoms with Gasteiger partial charge in [0.25, 0.3) is 5.91 Å². The quantitative estimate of drug-likeness (QED) is 0.820. The van der Waals surface area contributed by atoms with Crippen molar-refractivity contribution in [1.82, 2.24) is 15.8 Å². The number of aromatic nitrogens is 1. The van der Waals surface area contributed by atoms with Crippen LogP contribution in [-0.4, -0.2) is 49.4 Å². The van der Waals surface area contributed by atoms with Crippen molar-refractivity contribution in [1.29, 1.82) is 0 Å². The number of ether oxygens (including phenoxy) is 1. The first-order chi connectivity index (χ1) is 13.5. The van der Waals surface area contributed by atoms with Gasteiger partial charge in [-0.15, -0.1) is 0 Å². The maximum atomic E-state index is 12.8. The molecule has 0 saturated carbocycles. The summed E-state index contributed by atoms with van der Waals surface area (Å²) in [5.74, 6) is 0.755. The van der Waals surface area contributed by atoms with Gasteiger partial charge in [0, 0.05) is 42.7 Å². The van der Waals surface area contributed by atoms with E-state index in [0.29, 0.717) is 38.3 Å². The lowest BCUT2D eigenvalue weighted by atomic mass is 9.97. The number of urea groups is 1. The van der Waals surface area contributed by atoms with E-state index < -0.39 is 0 Å². The van der Waals surface area contributed by atoms with Crippen LogP contribution in [-0.2, 0) is 11.2 Å². The zero-order valence-corrected chi connectivity index (χ0v) is 16.0. The predicted molar refractivity (Wildman–Crippen MR) is 102 cm³/mol. The zero-order valence-electron chi connectivity index (χ0n) is 16.0. The summed E-state index contributed by atoms with van der Waals surface area (Å²) in [6, 6.07) is 7.11. The van der Waals surface area contributed by atoms with Gasteiger partial charge in [-0.1, -0.05) is 11.2 Å². The number of nitrogens with zero attached hydrogens (tertiary/aromatic N) is 2. The van der Waals surface area contributed by atoms with Crippen LogP contribution < -0.4 is 15.5 Å². The SMILES string of the molecule is Cc1cc(C[C@@H]2COC[C@@H]2NC(=O)c2ccc(C)c(N3CCNC3=O)c2)on1. The number of carbonyl (C=O) groups excluding carboxylic acids is 2. The largest absolute Gasteiger partial charge is 0.379 e. The summed E-state index contributed by atoms with van der Waals surface area (Å²) < 4.78 is 10.9. The molecular formula is C20H24N4O4. The van der Waals surface area contributed by atoms with Crippen LogP contribution in [0.5, 0.6) is 0 Å². The number of aryl methyl sites for hydroxylation is 2. The monoisotopic (exact) mass is 384 g/mol. The van der Waals surface area contributed by atoms with E-state index in [1.54, 1.807) is 17.0 Å². The Bertz CT molecular complexity index is 894. The standard InChI is InChI=1S/C20H24N4O4/c1-12-3-4-14(9-18(12)24-6-5-21-20(24)26)19(25)22-17-11-27-10-15(17)8-16-7-13(2)23-28-16/h3-4,7,9,15,17H,5-6,8,10-11H2,1-2H3,(H,21,26)(H,22,25)/t15-,17+/m1/s1. The average Bonchev–Trinajstić information content (AvgIpc) is 3.39. The van der Waals surface area contributed by atoms with Crippen molar-refractivity contribution >= 4 is 17.6 Å². The summed E-state index contributed by atoms with van der Waals surface area (Å²) in [4.78, 5) is 26.5. The van der Waals surface area contributed by atoms with Crippen molar-refractivity contribution in [3.05, 3.63) is 46.8 Å². The molecular weight excluding hydrogens is 360 g/mol. The summed E-state index contributed by atoms with van der Waals surface area (Å²) >= 11 is 0. The Morgan fingerprint density at radius 2 is 2.18 bits per heavy atom. The number of amides is 3. The van der Waals surface area contributed by atoms with Crippen LogP contribution in [0.4, 0.5) is 10.5 Å². The minimum Gasteiger partial charge on any atom is -0.379 e. The summed E-state index contributed by atoms with van der Waals surface area (Å²) in [7, 11) is 0. The third-order valence-electron chi connectivity index (χ3n) is 5.27. The minimum absolute atomic E-state index is 0.0993. The summed E-state index contributed by atoms with van der Waals surface area (Å²) in [5.41, 5.74) is 3.09. The molecule has 2 fully saturated rings. The molecule has 1 aromatic carbocycles. The average molecular weight is 384 g/mol. The summed E-state index contributed by atoms with van der Waals surface area (Å²) in [6.45, 7) is 6.06. The van der Waals surface area contributed by atoms with Gasteiger partial charge in [0.2, 0.25) is 0 Å². The molecule has 28 heavy (non-hydrogen) atoms. The number of rotatable bonds is 5. The fourth-order valence-corrected chi connectivity index (χ4v) is 3.72. The maximum Gasteiger partial charge on any atom is 0.322 e. The Balaban J connectivity index is 1.46. The normalized spacial score (nSPS) is 21.8. The summed E-state index contributed by atoms with van der Waals surface area (Å²) in [5, 5.41) is 9.78. The molecule has 8 nitrogen and oxygen atoms in total. The van der Waals surface area contributed by atoms with Gasteiger partial charge in [-0.05, 0) is 31.5 Å². The van der Waals surface area contributed by atoms with Crippen LogP contribution in [0.1, 0.15) is 27.4 Å². The molecule has 2 saturated heterocycles. The fourth-order valence-electron chi connectivity index (χ4n) is 3.72. The van der Waals surface area contributed by atoms with Crippen LogP contribution in [0.2, 0.25) is 0 Å². The zero-order chi connectivity index (χ0) is 19.7. The highest BCUT2D eigenvalue weighted by Crippen LogP contribution is 2.24. The van der Waals surface area contributed by atoms with Crippen molar-refractivity contribution in [3.63, 3.8) is 0 Å². The van der Waals surface area contributed by atoms with E-state index in [1.807, 2.05) is 26.0 Å². The third kappa shape index (κ3) is 3.73. The highest BCUT2D eigenvalue weighted by Gasteiger charge is 2.31. The van der Waals surface area contributed by atoms with Crippen LogP contribution in [0.15, 0.2) is 28.8 Å². The number of hydrogen-bond acceptors (Lipinski definition) is 5. The molecule has 0 radical (unpaired) electrons. The first-order valence-corrected chi connectivity index (χ1v) is 9.48. The van der Waals surface area contributed by atoms with Gasteiger partial charge in [0.05, 0.1) is 24.9 Å². The van der Waals surface area contributed by atoms with E-state index in [9.17, 15) is 9.59 Å². The molecule has 2 atom stereocenters. The Morgan fingerprint density at radius 3 is 2.89 bits per heavy atom. The lowest BCUT2D eigenvalue weighted by Gasteiger charge is -2.20. The predicted octanol–water partition coefficient (Wildman–Crippen LogP) is 1.81. The second-order valence-electron chi connectivity index (χ2n) is 7.40. The molecule has 0 bridgehead atoms. The molecule has 4 rings (SSSR count). The second kappa shape index (κ2) is 7.63. The Hall–Kier alpha value is -2.87. The van der Waals surface area contributed by atoms with E-state index in [-0.39, 0.29) is 23.9 Å². The van der Waals surface area contributed by atoms with Crippen molar-refractivity contribution in [2.45, 2.75) is 26.3 Å². The lowest BCUT2D eigenvalue weighted by molar-refractivity contribution is 0.0924. The Morgan fingerprint density at radius 1 is 1.32 bits per heavy atom. The fraction of sp³-hybridized carbons (Fsp3) is 0.450. The van der Waals surface area contributed by atoms with Gasteiger partial charge in [-0.3, -0.25) is 9.69 Å². The molecule has 148 valence electrons. The van der Waals surface area contributed by atoms with Crippen LogP contribution >= 0.6 is 0 Å². The van der Waals surface area contributed by atoms with Crippen molar-refractivity contribution in [3.8, 4) is 0 Å². The highest BCUT2D eigenvalue weighted by molar-refractivity contribution is 5.99. The topological polar surface area (TPSA) is 96.7 Å². The second-order valence-corrected chi connectivity index (χ2v) is 7.40. The number of benzene rings is 1. The molecule has 2 aliphatic heterocycles. The van der Waals surface area contributed by atoms with Crippen LogP contribution in [0, 0.1) is 19.8 Å². The van der Waals surface area contributed by atoms with Gasteiger partial charge in [0.1, 0.15) is 5.76 Å². The van der Waals surface area contributed by atoms with Gasteiger partial charge < -0.3 is 19.9 Å². The van der Waals surface area contributed by atoms with Crippen molar-refractivity contribution in [2.75, 3.05) is 31.2 Å². The molecule has 2 aromatic rings. The highest BCUT2D eigenvalue weighted by atomic mass is 16.5. The Kier molecular flexibility index (Phi) is 5.04. The van der Waals surface area contributed by atoms with E-state index in [4.69, 9.17) is 9.26 Å². The molecule has 8 heteroatoms. The van der Waals surface area contributed by atoms with E-state index in [2.05, 4.69) is 15.8 Å².